The van der Waals surface area contributed by atoms with Crippen molar-refractivity contribution >= 4 is 11.6 Å². The molecule has 0 radical (unpaired) electrons. The summed E-state index contributed by atoms with van der Waals surface area (Å²) < 4.78 is 7.71. The van der Waals surface area contributed by atoms with Crippen LogP contribution in [0, 0.1) is 0 Å². The number of nitrogens with two attached hydrogens (primary N) is 1. The maximum Gasteiger partial charge on any atom is 0.165 e. The van der Waals surface area contributed by atoms with Gasteiger partial charge in [-0.1, -0.05) is 11.6 Å². The summed E-state index contributed by atoms with van der Waals surface area (Å²) in [7, 11) is 0. The van der Waals surface area contributed by atoms with Gasteiger partial charge in [-0.2, -0.15) is 5.10 Å². The van der Waals surface area contributed by atoms with Crippen molar-refractivity contribution in [2.75, 3.05) is 6.54 Å². The van der Waals surface area contributed by atoms with Gasteiger partial charge in [0.05, 0.1) is 12.4 Å². The van der Waals surface area contributed by atoms with Gasteiger partial charge in [0.15, 0.2) is 5.75 Å². The third-order valence-electron chi connectivity index (χ3n) is 2.77. The molecule has 1 heterocycles. The molecule has 4 nitrogen and oxygen atoms in total. The van der Waals surface area contributed by atoms with Crippen molar-refractivity contribution in [3.05, 3.63) is 41.2 Å². The zero-order valence-electron chi connectivity index (χ0n) is 11.1. The van der Waals surface area contributed by atoms with E-state index in [4.69, 9.17) is 22.1 Å². The normalized spacial score (nSPS) is 11.0. The third kappa shape index (κ3) is 3.49. The average Bonchev–Trinajstić information content (AvgIpc) is 2.82. The van der Waals surface area contributed by atoms with Crippen molar-refractivity contribution in [1.29, 1.82) is 0 Å². The number of halogens is 1. The van der Waals surface area contributed by atoms with Gasteiger partial charge in [-0.05, 0) is 50.6 Å². The Kier molecular flexibility index (Phi) is 4.45. The second kappa shape index (κ2) is 6.08. The summed E-state index contributed by atoms with van der Waals surface area (Å²) in [6.07, 6.45) is 4.32. The molecule has 2 rings (SSSR count). The number of rotatable bonds is 5. The second-order valence-electron chi connectivity index (χ2n) is 4.64. The molecule has 19 heavy (non-hydrogen) atoms. The summed E-state index contributed by atoms with van der Waals surface area (Å²) in [6.45, 7) is 4.69. The highest BCUT2D eigenvalue weighted by Gasteiger charge is 2.08. The van der Waals surface area contributed by atoms with E-state index in [1.54, 1.807) is 6.20 Å². The van der Waals surface area contributed by atoms with Crippen LogP contribution in [0.25, 0.3) is 0 Å². The summed E-state index contributed by atoms with van der Waals surface area (Å²) in [5, 5.41) is 4.93. The van der Waals surface area contributed by atoms with Crippen LogP contribution in [-0.4, -0.2) is 16.3 Å². The first kappa shape index (κ1) is 13.9. The maximum atomic E-state index is 5.99. The van der Waals surface area contributed by atoms with Crippen LogP contribution >= 0.6 is 11.6 Å². The lowest BCUT2D eigenvalue weighted by atomic mass is 10.1. The number of hydrogen-bond acceptors (Lipinski definition) is 3. The Morgan fingerprint density at radius 1 is 1.42 bits per heavy atom. The van der Waals surface area contributed by atoms with E-state index in [1.165, 1.54) is 0 Å². The molecule has 0 aliphatic heterocycles. The standard InChI is InChI=1S/C14H18ClN3O/c1-10(2)18-9-13(8-17-18)19-14-4-3-12(15)7-11(14)5-6-16/h3-4,7-10H,5-6,16H2,1-2H3. The highest BCUT2D eigenvalue weighted by molar-refractivity contribution is 6.30. The zero-order chi connectivity index (χ0) is 13.8. The molecular weight excluding hydrogens is 262 g/mol. The van der Waals surface area contributed by atoms with E-state index < -0.39 is 0 Å². The first-order valence-electron chi connectivity index (χ1n) is 6.30. The van der Waals surface area contributed by atoms with E-state index in [0.717, 1.165) is 17.7 Å². The summed E-state index contributed by atoms with van der Waals surface area (Å²) >= 11 is 5.99. The predicted octanol–water partition coefficient (Wildman–Crippen LogP) is 3.41. The molecule has 2 aromatic rings. The third-order valence-corrected chi connectivity index (χ3v) is 3.01. The monoisotopic (exact) mass is 279 g/mol. The number of nitrogens with zero attached hydrogens (tertiary/aromatic N) is 2. The number of hydrogen-bond donors (Lipinski definition) is 1. The average molecular weight is 280 g/mol. The molecule has 0 spiro atoms. The van der Waals surface area contributed by atoms with Gasteiger partial charge >= 0.3 is 0 Å². The Balaban J connectivity index is 2.21. The van der Waals surface area contributed by atoms with Gasteiger partial charge in [0, 0.05) is 11.1 Å². The van der Waals surface area contributed by atoms with Gasteiger partial charge in [0.1, 0.15) is 5.75 Å². The van der Waals surface area contributed by atoms with E-state index >= 15 is 0 Å². The Morgan fingerprint density at radius 2 is 2.21 bits per heavy atom. The van der Waals surface area contributed by atoms with Gasteiger partial charge in [0.2, 0.25) is 0 Å². The highest BCUT2D eigenvalue weighted by atomic mass is 35.5. The molecule has 2 N–H and O–H groups in total. The van der Waals surface area contributed by atoms with E-state index in [0.29, 0.717) is 23.4 Å². The summed E-state index contributed by atoms with van der Waals surface area (Å²) in [4.78, 5) is 0. The lowest BCUT2D eigenvalue weighted by molar-refractivity contribution is 0.471. The molecule has 0 aliphatic rings. The van der Waals surface area contributed by atoms with Gasteiger partial charge in [-0.15, -0.1) is 0 Å². The smallest absolute Gasteiger partial charge is 0.165 e. The Morgan fingerprint density at radius 3 is 2.84 bits per heavy atom. The van der Waals surface area contributed by atoms with Crippen molar-refractivity contribution in [2.24, 2.45) is 5.73 Å². The summed E-state index contributed by atoms with van der Waals surface area (Å²) in [5.41, 5.74) is 6.61. The van der Waals surface area contributed by atoms with E-state index in [-0.39, 0.29) is 0 Å². The Bertz CT molecular complexity index is 551. The second-order valence-corrected chi connectivity index (χ2v) is 5.08. The van der Waals surface area contributed by atoms with E-state index in [9.17, 15) is 0 Å². The van der Waals surface area contributed by atoms with Crippen molar-refractivity contribution in [3.8, 4) is 11.5 Å². The van der Waals surface area contributed by atoms with E-state index in [2.05, 4.69) is 18.9 Å². The Hall–Kier alpha value is -1.52. The van der Waals surface area contributed by atoms with Crippen LogP contribution in [0.3, 0.4) is 0 Å². The van der Waals surface area contributed by atoms with Crippen LogP contribution < -0.4 is 10.5 Å². The van der Waals surface area contributed by atoms with Crippen molar-refractivity contribution in [2.45, 2.75) is 26.3 Å². The molecule has 1 aromatic heterocycles. The molecule has 0 amide bonds. The van der Waals surface area contributed by atoms with Crippen LogP contribution in [0.1, 0.15) is 25.5 Å². The van der Waals surface area contributed by atoms with Crippen LogP contribution in [0.15, 0.2) is 30.6 Å². The van der Waals surface area contributed by atoms with Crippen LogP contribution in [0.4, 0.5) is 0 Å². The van der Waals surface area contributed by atoms with Crippen molar-refractivity contribution < 1.29 is 4.74 Å². The minimum absolute atomic E-state index is 0.311. The quantitative estimate of drug-likeness (QED) is 0.912. The molecular formula is C14H18ClN3O. The maximum absolute atomic E-state index is 5.99. The largest absolute Gasteiger partial charge is 0.454 e. The molecule has 102 valence electrons. The molecule has 0 unspecified atom stereocenters. The van der Waals surface area contributed by atoms with Gasteiger partial charge in [0.25, 0.3) is 0 Å². The first-order chi connectivity index (χ1) is 9.10. The first-order valence-corrected chi connectivity index (χ1v) is 6.68. The minimum atomic E-state index is 0.311. The molecule has 1 aromatic carbocycles. The topological polar surface area (TPSA) is 53.1 Å². The lowest BCUT2D eigenvalue weighted by Gasteiger charge is -2.09. The minimum Gasteiger partial charge on any atom is -0.454 e. The fraction of sp³-hybridized carbons (Fsp3) is 0.357. The van der Waals surface area contributed by atoms with Crippen molar-refractivity contribution in [1.82, 2.24) is 9.78 Å². The van der Waals surface area contributed by atoms with Crippen LogP contribution in [0.5, 0.6) is 11.5 Å². The fourth-order valence-electron chi connectivity index (χ4n) is 1.78. The molecule has 0 saturated heterocycles. The number of benzene rings is 1. The lowest BCUT2D eigenvalue weighted by Crippen LogP contribution is -2.04. The molecule has 0 bridgehead atoms. The van der Waals surface area contributed by atoms with Gasteiger partial charge in [-0.3, -0.25) is 4.68 Å². The SMILES string of the molecule is CC(C)n1cc(Oc2ccc(Cl)cc2CCN)cn1. The highest BCUT2D eigenvalue weighted by Crippen LogP contribution is 2.28. The molecule has 0 saturated carbocycles. The van der Waals surface area contributed by atoms with Gasteiger partial charge < -0.3 is 10.5 Å². The number of aromatic nitrogens is 2. The zero-order valence-corrected chi connectivity index (χ0v) is 11.9. The van der Waals surface area contributed by atoms with Crippen LogP contribution in [0.2, 0.25) is 5.02 Å². The Labute approximate surface area is 118 Å². The van der Waals surface area contributed by atoms with Crippen LogP contribution in [-0.2, 0) is 6.42 Å². The predicted molar refractivity (Wildman–Crippen MR) is 76.9 cm³/mol. The molecule has 0 atom stereocenters. The fourth-order valence-corrected chi connectivity index (χ4v) is 1.98. The molecule has 0 aliphatic carbocycles. The van der Waals surface area contributed by atoms with E-state index in [1.807, 2.05) is 29.1 Å². The molecule has 5 heteroatoms. The summed E-state index contributed by atoms with van der Waals surface area (Å²) in [6, 6.07) is 5.87. The van der Waals surface area contributed by atoms with Gasteiger partial charge in [-0.25, -0.2) is 0 Å². The number of ether oxygens (including phenoxy) is 1. The summed E-state index contributed by atoms with van der Waals surface area (Å²) in [5.74, 6) is 1.49. The van der Waals surface area contributed by atoms with Crippen molar-refractivity contribution in [3.63, 3.8) is 0 Å². The molecule has 0 fully saturated rings.